The number of ether oxygens (including phenoxy) is 1. The summed E-state index contributed by atoms with van der Waals surface area (Å²) in [5.74, 6) is 3.91. The quantitative estimate of drug-likeness (QED) is 0.417. The van der Waals surface area contributed by atoms with Crippen molar-refractivity contribution in [1.29, 1.82) is 0 Å². The van der Waals surface area contributed by atoms with Crippen LogP contribution in [0.5, 0.6) is 5.75 Å². The van der Waals surface area contributed by atoms with E-state index in [9.17, 15) is 0 Å². The van der Waals surface area contributed by atoms with E-state index in [4.69, 9.17) is 14.1 Å². The van der Waals surface area contributed by atoms with E-state index in [1.807, 2.05) is 55.5 Å². The summed E-state index contributed by atoms with van der Waals surface area (Å²) in [4.78, 5) is 9.16. The first-order chi connectivity index (χ1) is 13.7. The Morgan fingerprint density at radius 2 is 2.00 bits per heavy atom. The van der Waals surface area contributed by atoms with Gasteiger partial charge in [0.25, 0.3) is 0 Å². The summed E-state index contributed by atoms with van der Waals surface area (Å²) < 4.78 is 10.7. The van der Waals surface area contributed by atoms with Crippen molar-refractivity contribution in [3.05, 3.63) is 64.8 Å². The molecule has 0 amide bonds. The van der Waals surface area contributed by atoms with Crippen LogP contribution in [0.2, 0.25) is 0 Å². The first-order valence-electron chi connectivity index (χ1n) is 8.58. The molecule has 0 bridgehead atoms. The van der Waals surface area contributed by atoms with E-state index < -0.39 is 0 Å². The topological polar surface area (TPSA) is 76.8 Å². The number of furan rings is 1. The average Bonchev–Trinajstić information content (AvgIpc) is 3.46. The minimum absolute atomic E-state index is 0.689. The van der Waals surface area contributed by atoms with Gasteiger partial charge in [0.2, 0.25) is 5.16 Å². The summed E-state index contributed by atoms with van der Waals surface area (Å²) in [6.07, 6.45) is 3.71. The zero-order valence-electron chi connectivity index (χ0n) is 15.4. The van der Waals surface area contributed by atoms with E-state index in [1.54, 1.807) is 30.2 Å². The standard InChI is InChI=1S/C20H18N4O2S2/c1-13-3-6-17(26-13)9-10-18-22-20(24-23-18)28-12-15-11-27-19(21-15)14-4-7-16(25-2)8-5-14/h3-11H,12H2,1-2H3,(H,22,23,24)/b10-9+. The van der Waals surface area contributed by atoms with E-state index in [1.165, 1.54) is 0 Å². The van der Waals surface area contributed by atoms with E-state index >= 15 is 0 Å². The molecule has 28 heavy (non-hydrogen) atoms. The van der Waals surface area contributed by atoms with Crippen molar-refractivity contribution in [2.24, 2.45) is 0 Å². The van der Waals surface area contributed by atoms with Crippen LogP contribution in [-0.4, -0.2) is 27.3 Å². The molecule has 0 aliphatic carbocycles. The van der Waals surface area contributed by atoms with Gasteiger partial charge in [-0.15, -0.1) is 16.4 Å². The average molecular weight is 411 g/mol. The van der Waals surface area contributed by atoms with Crippen molar-refractivity contribution in [3.8, 4) is 16.3 Å². The number of nitrogens with zero attached hydrogens (tertiary/aromatic N) is 3. The number of hydrogen-bond acceptors (Lipinski definition) is 7. The molecular weight excluding hydrogens is 392 g/mol. The number of benzene rings is 1. The fraction of sp³-hybridized carbons (Fsp3) is 0.150. The monoisotopic (exact) mass is 410 g/mol. The van der Waals surface area contributed by atoms with Crippen molar-refractivity contribution >= 4 is 35.3 Å². The van der Waals surface area contributed by atoms with Gasteiger partial charge in [0.05, 0.1) is 12.8 Å². The molecule has 1 aromatic carbocycles. The lowest BCUT2D eigenvalue weighted by Crippen LogP contribution is -1.84. The number of H-pyrrole nitrogens is 1. The maximum Gasteiger partial charge on any atom is 0.209 e. The Morgan fingerprint density at radius 1 is 1.14 bits per heavy atom. The fourth-order valence-electron chi connectivity index (χ4n) is 2.48. The zero-order chi connectivity index (χ0) is 19.3. The van der Waals surface area contributed by atoms with Gasteiger partial charge in [-0.25, -0.2) is 9.97 Å². The minimum atomic E-state index is 0.689. The molecule has 0 aliphatic rings. The molecule has 4 rings (SSSR count). The van der Waals surface area contributed by atoms with Crippen LogP contribution in [-0.2, 0) is 5.75 Å². The third-order valence-corrected chi connectivity index (χ3v) is 5.71. The number of aromatic amines is 1. The first kappa shape index (κ1) is 18.5. The lowest BCUT2D eigenvalue weighted by molar-refractivity contribution is 0.415. The van der Waals surface area contributed by atoms with Crippen molar-refractivity contribution in [2.75, 3.05) is 7.11 Å². The molecule has 0 saturated heterocycles. The predicted octanol–water partition coefficient (Wildman–Crippen LogP) is 5.30. The normalized spacial score (nSPS) is 11.4. The van der Waals surface area contributed by atoms with Crippen LogP contribution in [0.15, 0.2) is 51.4 Å². The Labute approximate surface area is 170 Å². The van der Waals surface area contributed by atoms with Crippen LogP contribution in [0.1, 0.15) is 23.0 Å². The molecule has 4 aromatic rings. The van der Waals surface area contributed by atoms with Gasteiger partial charge < -0.3 is 9.15 Å². The van der Waals surface area contributed by atoms with Gasteiger partial charge in [-0.2, -0.15) is 0 Å². The van der Waals surface area contributed by atoms with E-state index in [2.05, 4.69) is 20.6 Å². The molecule has 0 saturated carbocycles. The largest absolute Gasteiger partial charge is 0.497 e. The predicted molar refractivity (Wildman–Crippen MR) is 112 cm³/mol. The number of thiazole rings is 1. The number of thioether (sulfide) groups is 1. The van der Waals surface area contributed by atoms with Crippen molar-refractivity contribution in [1.82, 2.24) is 20.2 Å². The van der Waals surface area contributed by atoms with Gasteiger partial charge in [0.15, 0.2) is 0 Å². The summed E-state index contributed by atoms with van der Waals surface area (Å²) in [6.45, 7) is 1.92. The third-order valence-electron chi connectivity index (χ3n) is 3.89. The van der Waals surface area contributed by atoms with Crippen LogP contribution in [0.3, 0.4) is 0 Å². The molecule has 0 radical (unpaired) electrons. The molecule has 142 valence electrons. The second-order valence-corrected chi connectivity index (χ2v) is 7.75. The number of rotatable bonds is 7. The van der Waals surface area contributed by atoms with Gasteiger partial charge >= 0.3 is 0 Å². The molecule has 1 N–H and O–H groups in total. The van der Waals surface area contributed by atoms with Crippen LogP contribution in [0.25, 0.3) is 22.7 Å². The number of hydrogen-bond donors (Lipinski definition) is 1. The molecule has 0 fully saturated rings. The summed E-state index contributed by atoms with van der Waals surface area (Å²) in [5, 5.41) is 10.9. The Bertz CT molecular complexity index is 1080. The molecule has 6 nitrogen and oxygen atoms in total. The minimum Gasteiger partial charge on any atom is -0.497 e. The van der Waals surface area contributed by atoms with Gasteiger partial charge in [-0.3, -0.25) is 5.10 Å². The maximum atomic E-state index is 5.50. The summed E-state index contributed by atoms with van der Waals surface area (Å²) >= 11 is 3.18. The molecule has 8 heteroatoms. The van der Waals surface area contributed by atoms with E-state index in [-0.39, 0.29) is 0 Å². The number of aryl methyl sites for hydroxylation is 1. The summed E-state index contributed by atoms with van der Waals surface area (Å²) in [6, 6.07) is 11.8. The van der Waals surface area contributed by atoms with Gasteiger partial charge in [-0.05, 0) is 55.5 Å². The SMILES string of the molecule is COc1ccc(-c2nc(CSc3n[nH]c(/C=C/c4ccc(C)o4)n3)cs2)cc1. The van der Waals surface area contributed by atoms with Gasteiger partial charge in [0, 0.05) is 16.7 Å². The van der Waals surface area contributed by atoms with Crippen LogP contribution >= 0.6 is 23.1 Å². The molecule has 0 spiro atoms. The Hall–Kier alpha value is -2.84. The lowest BCUT2D eigenvalue weighted by atomic mass is 10.2. The van der Waals surface area contributed by atoms with E-state index in [0.717, 1.165) is 33.5 Å². The van der Waals surface area contributed by atoms with Crippen LogP contribution < -0.4 is 4.74 Å². The highest BCUT2D eigenvalue weighted by atomic mass is 32.2. The molecule has 0 unspecified atom stereocenters. The first-order valence-corrected chi connectivity index (χ1v) is 10.4. The lowest BCUT2D eigenvalue weighted by Gasteiger charge is -2.00. The fourth-order valence-corrected chi connectivity index (χ4v) is 4.11. The number of nitrogens with one attached hydrogen (secondary N) is 1. The molecule has 0 aliphatic heterocycles. The number of methoxy groups -OCH3 is 1. The van der Waals surface area contributed by atoms with Gasteiger partial charge in [0.1, 0.15) is 28.1 Å². The number of aromatic nitrogens is 4. The molecule has 3 heterocycles. The molecule has 0 atom stereocenters. The van der Waals surface area contributed by atoms with Gasteiger partial charge in [-0.1, -0.05) is 11.8 Å². The Kier molecular flexibility index (Phi) is 5.59. The van der Waals surface area contributed by atoms with Crippen LogP contribution in [0.4, 0.5) is 0 Å². The molecular formula is C20H18N4O2S2. The van der Waals surface area contributed by atoms with Crippen molar-refractivity contribution in [3.63, 3.8) is 0 Å². The zero-order valence-corrected chi connectivity index (χ0v) is 17.0. The second-order valence-electron chi connectivity index (χ2n) is 5.95. The summed E-state index contributed by atoms with van der Waals surface area (Å²) in [5.41, 5.74) is 2.09. The third kappa shape index (κ3) is 4.52. The van der Waals surface area contributed by atoms with Crippen LogP contribution in [0, 0.1) is 6.92 Å². The van der Waals surface area contributed by atoms with Crippen molar-refractivity contribution in [2.45, 2.75) is 17.8 Å². The molecule has 3 aromatic heterocycles. The summed E-state index contributed by atoms with van der Waals surface area (Å²) in [7, 11) is 1.66. The highest BCUT2D eigenvalue weighted by molar-refractivity contribution is 7.98. The van der Waals surface area contributed by atoms with E-state index in [0.29, 0.717) is 16.7 Å². The Morgan fingerprint density at radius 3 is 2.75 bits per heavy atom. The Balaban J connectivity index is 1.35. The second kappa shape index (κ2) is 8.45. The highest BCUT2D eigenvalue weighted by Gasteiger charge is 2.08. The van der Waals surface area contributed by atoms with Crippen molar-refractivity contribution < 1.29 is 9.15 Å². The highest BCUT2D eigenvalue weighted by Crippen LogP contribution is 2.28. The smallest absolute Gasteiger partial charge is 0.209 e. The maximum absolute atomic E-state index is 5.50.